The SMILES string of the molecule is CSC1(CN=C(N)NC2CCOc3ccccc32)CCC1.I. The lowest BCUT2D eigenvalue weighted by Crippen LogP contribution is -2.41. The standard InChI is InChI=1S/C16H23N3OS.HI/c1-21-16(8-4-9-16)11-18-15(17)19-13-7-10-20-14-6-3-2-5-12(13)14;/h2-3,5-6,13H,4,7-11H2,1H3,(H3,17,18,19);1H. The lowest BCUT2D eigenvalue weighted by molar-refractivity contribution is 0.262. The minimum Gasteiger partial charge on any atom is -0.493 e. The molecule has 0 bridgehead atoms. The first-order chi connectivity index (χ1) is 10.2. The summed E-state index contributed by atoms with van der Waals surface area (Å²) in [7, 11) is 0. The van der Waals surface area contributed by atoms with E-state index in [1.54, 1.807) is 0 Å². The highest BCUT2D eigenvalue weighted by molar-refractivity contribution is 14.0. The van der Waals surface area contributed by atoms with Crippen LogP contribution in [0, 0.1) is 0 Å². The zero-order valence-electron chi connectivity index (χ0n) is 12.9. The molecule has 0 amide bonds. The van der Waals surface area contributed by atoms with Crippen molar-refractivity contribution in [2.45, 2.75) is 36.5 Å². The van der Waals surface area contributed by atoms with Crippen molar-refractivity contribution in [2.75, 3.05) is 19.4 Å². The molecule has 1 aromatic rings. The summed E-state index contributed by atoms with van der Waals surface area (Å²) in [5.74, 6) is 1.51. The van der Waals surface area contributed by atoms with E-state index in [4.69, 9.17) is 10.5 Å². The second-order valence-electron chi connectivity index (χ2n) is 5.81. The van der Waals surface area contributed by atoms with Gasteiger partial charge in [0.1, 0.15) is 5.75 Å². The van der Waals surface area contributed by atoms with Crippen molar-refractivity contribution < 1.29 is 4.74 Å². The number of guanidine groups is 1. The monoisotopic (exact) mass is 433 g/mol. The van der Waals surface area contributed by atoms with Gasteiger partial charge >= 0.3 is 0 Å². The van der Waals surface area contributed by atoms with Crippen molar-refractivity contribution in [3.63, 3.8) is 0 Å². The van der Waals surface area contributed by atoms with Crippen LogP contribution in [0.4, 0.5) is 0 Å². The number of nitrogens with one attached hydrogen (secondary N) is 1. The molecule has 3 rings (SSSR count). The van der Waals surface area contributed by atoms with Crippen LogP contribution in [-0.2, 0) is 0 Å². The fourth-order valence-corrected chi connectivity index (χ4v) is 3.83. The summed E-state index contributed by atoms with van der Waals surface area (Å²) >= 11 is 1.93. The summed E-state index contributed by atoms with van der Waals surface area (Å²) in [6, 6.07) is 8.33. The Balaban J connectivity index is 0.00000176. The van der Waals surface area contributed by atoms with Crippen molar-refractivity contribution in [2.24, 2.45) is 10.7 Å². The average molecular weight is 433 g/mol. The fourth-order valence-electron chi connectivity index (χ4n) is 2.94. The van der Waals surface area contributed by atoms with E-state index >= 15 is 0 Å². The van der Waals surface area contributed by atoms with Crippen LogP contribution in [0.15, 0.2) is 29.3 Å². The summed E-state index contributed by atoms with van der Waals surface area (Å²) in [6.07, 6.45) is 6.92. The van der Waals surface area contributed by atoms with Crippen LogP contribution in [0.25, 0.3) is 0 Å². The maximum atomic E-state index is 6.09. The van der Waals surface area contributed by atoms with Gasteiger partial charge in [0.25, 0.3) is 0 Å². The van der Waals surface area contributed by atoms with E-state index < -0.39 is 0 Å². The second kappa shape index (κ2) is 7.77. The molecule has 0 saturated heterocycles. The summed E-state index contributed by atoms with van der Waals surface area (Å²) in [4.78, 5) is 4.58. The number of nitrogens with two attached hydrogens (primary N) is 1. The quantitative estimate of drug-likeness (QED) is 0.435. The van der Waals surface area contributed by atoms with Crippen LogP contribution < -0.4 is 15.8 Å². The minimum absolute atomic E-state index is 0. The van der Waals surface area contributed by atoms with Crippen molar-refractivity contribution >= 4 is 41.7 Å². The third-order valence-electron chi connectivity index (χ3n) is 4.52. The fraction of sp³-hybridized carbons (Fsp3) is 0.562. The Hall–Kier alpha value is -0.630. The van der Waals surface area contributed by atoms with E-state index in [1.807, 2.05) is 30.0 Å². The van der Waals surface area contributed by atoms with Crippen LogP contribution in [0.5, 0.6) is 5.75 Å². The molecule has 1 unspecified atom stereocenters. The highest BCUT2D eigenvalue weighted by Gasteiger charge is 2.35. The second-order valence-corrected chi connectivity index (χ2v) is 7.09. The molecule has 1 saturated carbocycles. The number of benzene rings is 1. The van der Waals surface area contributed by atoms with Gasteiger partial charge in [-0.1, -0.05) is 24.6 Å². The molecule has 1 atom stereocenters. The Morgan fingerprint density at radius 1 is 1.45 bits per heavy atom. The molecule has 3 N–H and O–H groups in total. The molecule has 6 heteroatoms. The normalized spacial score (nSPS) is 22.6. The Labute approximate surface area is 153 Å². The number of fused-ring (bicyclic) bond motifs is 1. The smallest absolute Gasteiger partial charge is 0.189 e. The van der Waals surface area contributed by atoms with Gasteiger partial charge in [0.15, 0.2) is 5.96 Å². The lowest BCUT2D eigenvalue weighted by Gasteiger charge is -2.39. The molecule has 22 heavy (non-hydrogen) atoms. The zero-order valence-corrected chi connectivity index (χ0v) is 16.0. The molecule has 1 aromatic carbocycles. The van der Waals surface area contributed by atoms with Gasteiger partial charge in [-0.2, -0.15) is 11.8 Å². The van der Waals surface area contributed by atoms with E-state index in [-0.39, 0.29) is 30.0 Å². The Kier molecular flexibility index (Phi) is 6.26. The van der Waals surface area contributed by atoms with Gasteiger partial charge in [0, 0.05) is 16.7 Å². The molecule has 1 heterocycles. The molecule has 0 radical (unpaired) electrons. The number of nitrogens with zero attached hydrogens (tertiary/aromatic N) is 1. The Bertz CT molecular complexity index is 528. The molecular formula is C16H24IN3OS. The van der Waals surface area contributed by atoms with Crippen molar-refractivity contribution in [1.82, 2.24) is 5.32 Å². The van der Waals surface area contributed by atoms with Gasteiger partial charge in [-0.05, 0) is 25.2 Å². The van der Waals surface area contributed by atoms with Crippen LogP contribution in [0.1, 0.15) is 37.3 Å². The highest BCUT2D eigenvalue weighted by atomic mass is 127. The number of aliphatic imine (C=N–C) groups is 1. The van der Waals surface area contributed by atoms with Gasteiger partial charge < -0.3 is 15.8 Å². The highest BCUT2D eigenvalue weighted by Crippen LogP contribution is 2.42. The van der Waals surface area contributed by atoms with Gasteiger partial charge in [0.2, 0.25) is 0 Å². The molecule has 2 aliphatic rings. The number of thioether (sulfide) groups is 1. The number of rotatable bonds is 4. The summed E-state index contributed by atoms with van der Waals surface area (Å²) in [5.41, 5.74) is 7.26. The predicted molar refractivity (Wildman–Crippen MR) is 104 cm³/mol. The maximum Gasteiger partial charge on any atom is 0.189 e. The van der Waals surface area contributed by atoms with Crippen LogP contribution >= 0.6 is 35.7 Å². The minimum atomic E-state index is 0. The Morgan fingerprint density at radius 2 is 2.23 bits per heavy atom. The molecule has 1 aliphatic heterocycles. The van der Waals surface area contributed by atoms with Crippen LogP contribution in [-0.4, -0.2) is 30.1 Å². The van der Waals surface area contributed by atoms with E-state index in [2.05, 4.69) is 22.6 Å². The first-order valence-corrected chi connectivity index (χ1v) is 8.78. The first-order valence-electron chi connectivity index (χ1n) is 7.56. The number of ether oxygens (including phenoxy) is 1. The van der Waals surface area contributed by atoms with Gasteiger partial charge in [-0.25, -0.2) is 0 Å². The molecule has 122 valence electrons. The van der Waals surface area contributed by atoms with E-state index in [1.165, 1.54) is 24.8 Å². The van der Waals surface area contributed by atoms with E-state index in [0.29, 0.717) is 10.7 Å². The Morgan fingerprint density at radius 3 is 2.91 bits per heavy atom. The van der Waals surface area contributed by atoms with Crippen LogP contribution in [0.3, 0.4) is 0 Å². The molecular weight excluding hydrogens is 409 g/mol. The first kappa shape index (κ1) is 17.7. The van der Waals surface area contributed by atoms with Gasteiger partial charge in [0.05, 0.1) is 19.2 Å². The van der Waals surface area contributed by atoms with E-state index in [0.717, 1.165) is 25.3 Å². The third-order valence-corrected chi connectivity index (χ3v) is 5.92. The largest absolute Gasteiger partial charge is 0.493 e. The summed E-state index contributed by atoms with van der Waals surface area (Å²) in [5, 5.41) is 3.36. The number of hydrogen-bond acceptors (Lipinski definition) is 3. The average Bonchev–Trinajstić information content (AvgIpc) is 2.47. The topological polar surface area (TPSA) is 59.6 Å². The molecule has 1 aliphatic carbocycles. The van der Waals surface area contributed by atoms with Gasteiger partial charge in [-0.15, -0.1) is 24.0 Å². The van der Waals surface area contributed by atoms with Crippen molar-refractivity contribution in [3.8, 4) is 5.75 Å². The van der Waals surface area contributed by atoms with Crippen molar-refractivity contribution in [1.29, 1.82) is 0 Å². The maximum absolute atomic E-state index is 6.09. The van der Waals surface area contributed by atoms with Crippen LogP contribution in [0.2, 0.25) is 0 Å². The lowest BCUT2D eigenvalue weighted by atomic mass is 9.84. The number of halogens is 1. The number of para-hydroxylation sites is 1. The summed E-state index contributed by atoms with van der Waals surface area (Å²) in [6.45, 7) is 1.54. The molecule has 0 spiro atoms. The predicted octanol–water partition coefficient (Wildman–Crippen LogP) is 3.32. The zero-order chi connectivity index (χ0) is 14.7. The van der Waals surface area contributed by atoms with Crippen molar-refractivity contribution in [3.05, 3.63) is 29.8 Å². The molecule has 4 nitrogen and oxygen atoms in total. The van der Waals surface area contributed by atoms with Gasteiger partial charge in [-0.3, -0.25) is 4.99 Å². The number of hydrogen-bond donors (Lipinski definition) is 2. The third kappa shape index (κ3) is 3.82. The summed E-state index contributed by atoms with van der Waals surface area (Å²) < 4.78 is 6.00. The van der Waals surface area contributed by atoms with E-state index in [9.17, 15) is 0 Å². The molecule has 1 fully saturated rings. The molecule has 0 aromatic heterocycles.